The number of hydrogen-bond donors (Lipinski definition) is 1. The van der Waals surface area contributed by atoms with E-state index in [1.54, 1.807) is 30.3 Å². The Morgan fingerprint density at radius 1 is 1.00 bits per heavy atom. The second-order valence-electron chi connectivity index (χ2n) is 7.58. The molecule has 0 unspecified atom stereocenters. The molecular weight excluding hydrogens is 426 g/mol. The smallest absolute Gasteiger partial charge is 0.318 e. The zero-order chi connectivity index (χ0) is 23.0. The summed E-state index contributed by atoms with van der Waals surface area (Å²) in [6.07, 6.45) is 2.18. The van der Waals surface area contributed by atoms with Gasteiger partial charge in [-0.25, -0.2) is 9.69 Å². The molecule has 0 aliphatic carbocycles. The first-order chi connectivity index (χ1) is 15.3. The Morgan fingerprint density at radius 2 is 1.69 bits per heavy atom. The Kier molecular flexibility index (Phi) is 5.72. The van der Waals surface area contributed by atoms with E-state index in [9.17, 15) is 14.4 Å². The Morgan fingerprint density at radius 3 is 2.38 bits per heavy atom. The fourth-order valence-electron chi connectivity index (χ4n) is 3.98. The van der Waals surface area contributed by atoms with Crippen molar-refractivity contribution in [1.29, 1.82) is 0 Å². The van der Waals surface area contributed by atoms with E-state index < -0.39 is 17.8 Å². The maximum atomic E-state index is 13.3. The number of halogens is 1. The zero-order valence-electron chi connectivity index (χ0n) is 18.0. The molecular formula is C25H22ClN3O3. The predicted molar refractivity (Wildman–Crippen MR) is 125 cm³/mol. The van der Waals surface area contributed by atoms with E-state index in [1.165, 1.54) is 0 Å². The molecule has 0 atom stereocenters. The second kappa shape index (κ2) is 8.48. The van der Waals surface area contributed by atoms with Gasteiger partial charge in [-0.05, 0) is 73.9 Å². The summed E-state index contributed by atoms with van der Waals surface area (Å²) in [5.41, 5.74) is 4.65. The number of barbiturate groups is 1. The Hall–Kier alpha value is -3.64. The number of imide groups is 2. The molecule has 0 radical (unpaired) electrons. The topological polar surface area (TPSA) is 71.4 Å². The van der Waals surface area contributed by atoms with E-state index in [1.807, 2.05) is 55.7 Å². The summed E-state index contributed by atoms with van der Waals surface area (Å²) < 4.78 is 2.02. The highest BCUT2D eigenvalue weighted by molar-refractivity contribution is 6.39. The largest absolute Gasteiger partial charge is 0.335 e. The summed E-state index contributed by atoms with van der Waals surface area (Å²) in [6, 6.07) is 15.7. The van der Waals surface area contributed by atoms with E-state index in [4.69, 9.17) is 11.6 Å². The van der Waals surface area contributed by atoms with Gasteiger partial charge >= 0.3 is 6.03 Å². The highest BCUT2D eigenvalue weighted by Gasteiger charge is 2.37. The monoisotopic (exact) mass is 447 g/mol. The number of urea groups is 1. The average molecular weight is 448 g/mol. The molecule has 1 N–H and O–H groups in total. The third-order valence-electron chi connectivity index (χ3n) is 5.57. The Balaban J connectivity index is 1.77. The van der Waals surface area contributed by atoms with Gasteiger partial charge in [0.2, 0.25) is 0 Å². The molecule has 162 valence electrons. The van der Waals surface area contributed by atoms with Crippen molar-refractivity contribution in [3.63, 3.8) is 0 Å². The van der Waals surface area contributed by atoms with E-state index in [-0.39, 0.29) is 5.57 Å². The lowest BCUT2D eigenvalue weighted by Gasteiger charge is -2.28. The van der Waals surface area contributed by atoms with Gasteiger partial charge in [0.1, 0.15) is 5.57 Å². The highest BCUT2D eigenvalue weighted by Crippen LogP contribution is 2.28. The number of anilines is 1. The summed E-state index contributed by atoms with van der Waals surface area (Å²) in [4.78, 5) is 39.5. The molecule has 3 aromatic rings. The maximum Gasteiger partial charge on any atom is 0.335 e. The summed E-state index contributed by atoms with van der Waals surface area (Å²) in [5, 5.41) is 2.94. The molecule has 1 aromatic heterocycles. The quantitative estimate of drug-likeness (QED) is 0.453. The van der Waals surface area contributed by atoms with Gasteiger partial charge in [-0.1, -0.05) is 36.7 Å². The standard InChI is InChI=1S/C25H22ClN3O3/c1-4-17-7-5-6-8-22(17)29-24(31)21(23(30)27-25(29)32)14-18-13-15(2)28(16(18)3)20-11-9-19(26)10-12-20/h5-14H,4H2,1-3H3,(H,27,30,32)/b21-14+. The third-order valence-corrected chi connectivity index (χ3v) is 5.82. The average Bonchev–Trinajstić information content (AvgIpc) is 3.05. The van der Waals surface area contributed by atoms with E-state index in [2.05, 4.69) is 5.32 Å². The van der Waals surface area contributed by atoms with Crippen LogP contribution >= 0.6 is 11.6 Å². The summed E-state index contributed by atoms with van der Waals surface area (Å²) in [6.45, 7) is 5.80. The van der Waals surface area contributed by atoms with Gasteiger partial charge in [-0.2, -0.15) is 0 Å². The highest BCUT2D eigenvalue weighted by atomic mass is 35.5. The van der Waals surface area contributed by atoms with Crippen LogP contribution in [0.2, 0.25) is 5.02 Å². The minimum absolute atomic E-state index is 0.0909. The Labute approximate surface area is 191 Å². The van der Waals surface area contributed by atoms with Crippen LogP contribution in [-0.4, -0.2) is 22.4 Å². The van der Waals surface area contributed by atoms with Gasteiger partial charge in [0.05, 0.1) is 5.69 Å². The maximum absolute atomic E-state index is 13.3. The fraction of sp³-hybridized carbons (Fsp3) is 0.160. The van der Waals surface area contributed by atoms with Crippen molar-refractivity contribution in [3.05, 3.63) is 87.7 Å². The van der Waals surface area contributed by atoms with Crippen molar-refractivity contribution >= 4 is 41.2 Å². The normalized spacial score (nSPS) is 15.4. The van der Waals surface area contributed by atoms with Crippen molar-refractivity contribution < 1.29 is 14.4 Å². The molecule has 0 bridgehead atoms. The van der Waals surface area contributed by atoms with Gasteiger partial charge in [0.25, 0.3) is 11.8 Å². The SMILES string of the molecule is CCc1ccccc1N1C(=O)NC(=O)/C(=C\c2cc(C)n(-c3ccc(Cl)cc3)c2C)C1=O. The minimum atomic E-state index is -0.746. The van der Waals surface area contributed by atoms with Crippen LogP contribution in [0.1, 0.15) is 29.4 Å². The lowest BCUT2D eigenvalue weighted by atomic mass is 10.0. The van der Waals surface area contributed by atoms with Crippen LogP contribution in [0.15, 0.2) is 60.2 Å². The van der Waals surface area contributed by atoms with Crippen molar-refractivity contribution in [1.82, 2.24) is 9.88 Å². The van der Waals surface area contributed by atoms with E-state index in [0.717, 1.165) is 27.5 Å². The van der Waals surface area contributed by atoms with Crippen LogP contribution in [-0.2, 0) is 16.0 Å². The minimum Gasteiger partial charge on any atom is -0.318 e. The zero-order valence-corrected chi connectivity index (χ0v) is 18.7. The molecule has 1 saturated heterocycles. The van der Waals surface area contributed by atoms with Crippen LogP contribution in [0.3, 0.4) is 0 Å². The van der Waals surface area contributed by atoms with Crippen LogP contribution in [0.4, 0.5) is 10.5 Å². The first-order valence-electron chi connectivity index (χ1n) is 10.3. The molecule has 4 rings (SSSR count). The lowest BCUT2D eigenvalue weighted by molar-refractivity contribution is -0.122. The van der Waals surface area contributed by atoms with Gasteiger partial charge in [-0.15, -0.1) is 0 Å². The van der Waals surface area contributed by atoms with Gasteiger partial charge in [0.15, 0.2) is 0 Å². The molecule has 7 heteroatoms. The van der Waals surface area contributed by atoms with Gasteiger partial charge < -0.3 is 4.57 Å². The molecule has 4 amide bonds. The molecule has 6 nitrogen and oxygen atoms in total. The fourth-order valence-corrected chi connectivity index (χ4v) is 4.11. The van der Waals surface area contributed by atoms with Crippen molar-refractivity contribution in [2.45, 2.75) is 27.2 Å². The number of nitrogens with zero attached hydrogens (tertiary/aromatic N) is 2. The van der Waals surface area contributed by atoms with Gasteiger partial charge in [0, 0.05) is 22.1 Å². The van der Waals surface area contributed by atoms with Crippen molar-refractivity contribution in [2.75, 3.05) is 4.90 Å². The number of aryl methyl sites for hydroxylation is 2. The number of para-hydroxylation sites is 1. The number of aromatic nitrogens is 1. The van der Waals surface area contributed by atoms with Crippen molar-refractivity contribution in [2.24, 2.45) is 0 Å². The number of amides is 4. The summed E-state index contributed by atoms with van der Waals surface area (Å²) in [7, 11) is 0. The number of hydrogen-bond acceptors (Lipinski definition) is 3. The van der Waals surface area contributed by atoms with Crippen LogP contribution < -0.4 is 10.2 Å². The first-order valence-corrected chi connectivity index (χ1v) is 10.6. The molecule has 1 aliphatic rings. The predicted octanol–water partition coefficient (Wildman–Crippen LogP) is 4.98. The van der Waals surface area contributed by atoms with Crippen LogP contribution in [0.25, 0.3) is 11.8 Å². The summed E-state index contributed by atoms with van der Waals surface area (Å²) in [5.74, 6) is -1.35. The molecule has 32 heavy (non-hydrogen) atoms. The number of carbonyl (C=O) groups is 3. The lowest BCUT2D eigenvalue weighted by Crippen LogP contribution is -2.54. The third kappa shape index (κ3) is 3.74. The molecule has 1 fully saturated rings. The number of rotatable bonds is 4. The number of benzene rings is 2. The molecule has 0 spiro atoms. The number of carbonyl (C=O) groups excluding carboxylic acids is 3. The molecule has 0 saturated carbocycles. The van der Waals surface area contributed by atoms with E-state index >= 15 is 0 Å². The Bertz CT molecular complexity index is 1270. The summed E-state index contributed by atoms with van der Waals surface area (Å²) >= 11 is 6.01. The molecule has 2 aromatic carbocycles. The second-order valence-corrected chi connectivity index (χ2v) is 8.01. The number of nitrogens with one attached hydrogen (secondary N) is 1. The van der Waals surface area contributed by atoms with Gasteiger partial charge in [-0.3, -0.25) is 14.9 Å². The van der Waals surface area contributed by atoms with Crippen molar-refractivity contribution in [3.8, 4) is 5.69 Å². The molecule has 2 heterocycles. The first kappa shape index (κ1) is 21.6. The molecule has 1 aliphatic heterocycles. The van der Waals surface area contributed by atoms with Crippen LogP contribution in [0, 0.1) is 13.8 Å². The van der Waals surface area contributed by atoms with Crippen LogP contribution in [0.5, 0.6) is 0 Å². The van der Waals surface area contributed by atoms with E-state index in [0.29, 0.717) is 22.7 Å².